The monoisotopic (exact) mass is 363 g/mol. The number of fused-ring (bicyclic) bond motifs is 1. The van der Waals surface area contributed by atoms with Crippen LogP contribution in [0.5, 0.6) is 0 Å². The molecule has 0 aliphatic carbocycles. The minimum absolute atomic E-state index is 0.0470. The Balaban J connectivity index is 1.62. The highest BCUT2D eigenvalue weighted by atomic mass is 32.2. The van der Waals surface area contributed by atoms with Crippen molar-refractivity contribution in [3.8, 4) is 0 Å². The maximum atomic E-state index is 12.4. The van der Waals surface area contributed by atoms with Crippen LogP contribution in [-0.4, -0.2) is 46.4 Å². The topological polar surface area (TPSA) is 92.5 Å². The number of aromatic nitrogens is 2. The molecule has 0 radical (unpaired) electrons. The summed E-state index contributed by atoms with van der Waals surface area (Å²) in [6, 6.07) is 9.95. The van der Waals surface area contributed by atoms with Gasteiger partial charge in [-0.15, -0.1) is 0 Å². The van der Waals surface area contributed by atoms with Crippen molar-refractivity contribution < 1.29 is 18.3 Å². The van der Waals surface area contributed by atoms with Crippen LogP contribution in [0.4, 0.5) is 0 Å². The number of aliphatic hydroxyl groups is 1. The Bertz CT molecular complexity index is 859. The van der Waals surface area contributed by atoms with Gasteiger partial charge in [0.25, 0.3) is 0 Å². The van der Waals surface area contributed by atoms with Crippen LogP contribution in [0.1, 0.15) is 30.8 Å². The Morgan fingerprint density at radius 3 is 2.68 bits per heavy atom. The molecule has 0 spiro atoms. The molecule has 0 saturated heterocycles. The van der Waals surface area contributed by atoms with Crippen LogP contribution in [0, 0.1) is 0 Å². The van der Waals surface area contributed by atoms with Crippen LogP contribution >= 0.6 is 0 Å². The number of aliphatic hydroxyl groups excluding tert-OH is 1. The fourth-order valence-electron chi connectivity index (χ4n) is 2.83. The van der Waals surface area contributed by atoms with Gasteiger partial charge in [0.05, 0.1) is 41.2 Å². The molecule has 2 heterocycles. The fraction of sp³-hybridized carbons (Fsp3) is 0.412. The number of carbonyl (C=O) groups is 1. The van der Waals surface area contributed by atoms with Crippen LogP contribution in [-0.2, 0) is 27.7 Å². The van der Waals surface area contributed by atoms with Crippen molar-refractivity contribution in [2.75, 3.05) is 12.3 Å². The molecule has 7 nitrogen and oxygen atoms in total. The maximum Gasteiger partial charge on any atom is 0.224 e. The van der Waals surface area contributed by atoms with Crippen molar-refractivity contribution in [2.24, 2.45) is 0 Å². The zero-order chi connectivity index (χ0) is 18.0. The summed E-state index contributed by atoms with van der Waals surface area (Å²) in [4.78, 5) is 14.3. The summed E-state index contributed by atoms with van der Waals surface area (Å²) in [5.41, 5.74) is 1.43. The van der Waals surface area contributed by atoms with Gasteiger partial charge in [0, 0.05) is 13.0 Å². The molecular weight excluding hydrogens is 342 g/mol. The third-order valence-electron chi connectivity index (χ3n) is 4.28. The van der Waals surface area contributed by atoms with E-state index in [1.165, 1.54) is 12.1 Å². The first-order chi connectivity index (χ1) is 11.9. The molecule has 0 bridgehead atoms. The van der Waals surface area contributed by atoms with Crippen LogP contribution in [0.3, 0.4) is 0 Å². The summed E-state index contributed by atoms with van der Waals surface area (Å²) in [7, 11) is -3.46. The van der Waals surface area contributed by atoms with Gasteiger partial charge in [-0.3, -0.25) is 9.48 Å². The highest BCUT2D eigenvalue weighted by Gasteiger charge is 2.24. The largest absolute Gasteiger partial charge is 0.387 e. The molecule has 1 aromatic heterocycles. The predicted molar refractivity (Wildman–Crippen MR) is 91.4 cm³/mol. The molecule has 1 amide bonds. The van der Waals surface area contributed by atoms with E-state index in [-0.39, 0.29) is 23.0 Å². The molecule has 1 N–H and O–H groups in total. The summed E-state index contributed by atoms with van der Waals surface area (Å²) in [6.07, 6.45) is -0.701. The van der Waals surface area contributed by atoms with E-state index >= 15 is 0 Å². The zero-order valence-corrected chi connectivity index (χ0v) is 14.8. The van der Waals surface area contributed by atoms with E-state index < -0.39 is 15.9 Å². The Morgan fingerprint density at radius 1 is 1.28 bits per heavy atom. The number of amides is 1. The molecule has 8 heteroatoms. The van der Waals surface area contributed by atoms with Crippen LogP contribution < -0.4 is 0 Å². The fourth-order valence-corrected chi connectivity index (χ4v) is 4.08. The van der Waals surface area contributed by atoms with Gasteiger partial charge in [-0.05, 0) is 25.1 Å². The Labute approximate surface area is 146 Å². The molecule has 1 aliphatic heterocycles. The smallest absolute Gasteiger partial charge is 0.224 e. The average molecular weight is 363 g/mol. The van der Waals surface area contributed by atoms with Gasteiger partial charge < -0.3 is 10.0 Å². The second-order valence-corrected chi connectivity index (χ2v) is 8.27. The predicted octanol–water partition coefficient (Wildman–Crippen LogP) is 1.14. The van der Waals surface area contributed by atoms with Crippen molar-refractivity contribution in [3.05, 3.63) is 47.8 Å². The van der Waals surface area contributed by atoms with Crippen LogP contribution in [0.15, 0.2) is 41.3 Å². The molecule has 1 atom stereocenters. The molecule has 0 fully saturated rings. The lowest BCUT2D eigenvalue weighted by Crippen LogP contribution is -2.39. The van der Waals surface area contributed by atoms with E-state index in [0.717, 1.165) is 5.69 Å². The third-order valence-corrected chi connectivity index (χ3v) is 6.02. The first kappa shape index (κ1) is 17.6. The lowest BCUT2D eigenvalue weighted by molar-refractivity contribution is -0.132. The zero-order valence-electron chi connectivity index (χ0n) is 14.0. The molecule has 0 saturated carbocycles. The van der Waals surface area contributed by atoms with Crippen molar-refractivity contribution in [1.29, 1.82) is 0 Å². The van der Waals surface area contributed by atoms with Crippen molar-refractivity contribution in [2.45, 2.75) is 37.4 Å². The van der Waals surface area contributed by atoms with Gasteiger partial charge in [-0.1, -0.05) is 18.2 Å². The minimum atomic E-state index is -3.46. The van der Waals surface area contributed by atoms with Crippen LogP contribution in [0.2, 0.25) is 0 Å². The second-order valence-electron chi connectivity index (χ2n) is 6.16. The minimum Gasteiger partial charge on any atom is -0.387 e. The van der Waals surface area contributed by atoms with Crippen molar-refractivity contribution >= 4 is 15.7 Å². The van der Waals surface area contributed by atoms with E-state index in [2.05, 4.69) is 5.10 Å². The van der Waals surface area contributed by atoms with Gasteiger partial charge >= 0.3 is 0 Å². The average Bonchev–Trinajstić information content (AvgIpc) is 3.04. The van der Waals surface area contributed by atoms with Crippen molar-refractivity contribution in [1.82, 2.24) is 14.7 Å². The van der Waals surface area contributed by atoms with Gasteiger partial charge in [-0.2, -0.15) is 5.10 Å². The lowest BCUT2D eigenvalue weighted by atomic mass is 10.2. The number of hydrogen-bond donors (Lipinski definition) is 1. The summed E-state index contributed by atoms with van der Waals surface area (Å²) in [6.45, 7) is 3.05. The number of hydrogen-bond acceptors (Lipinski definition) is 5. The van der Waals surface area contributed by atoms with E-state index in [9.17, 15) is 18.3 Å². The molecule has 0 unspecified atom stereocenters. The summed E-state index contributed by atoms with van der Waals surface area (Å²) < 4.78 is 26.4. The van der Waals surface area contributed by atoms with E-state index in [1.54, 1.807) is 40.8 Å². The number of carbonyl (C=O) groups excluding carboxylic acids is 1. The first-order valence-electron chi connectivity index (χ1n) is 8.17. The van der Waals surface area contributed by atoms with Gasteiger partial charge in [0.2, 0.25) is 5.91 Å². The quantitative estimate of drug-likeness (QED) is 0.860. The normalized spacial score (nSPS) is 15.7. The Hall–Kier alpha value is -2.19. The van der Waals surface area contributed by atoms with E-state index in [4.69, 9.17) is 0 Å². The Morgan fingerprint density at radius 2 is 2.00 bits per heavy atom. The summed E-state index contributed by atoms with van der Waals surface area (Å²) in [5.74, 6) is -0.393. The third kappa shape index (κ3) is 3.91. The van der Waals surface area contributed by atoms with E-state index in [0.29, 0.717) is 25.3 Å². The SMILES string of the molecule is C[C@H](O)c1cc2n(n1)CCN(C(=O)CCS(=O)(=O)c1ccccc1)C2. The summed E-state index contributed by atoms with van der Waals surface area (Å²) in [5, 5.41) is 13.9. The summed E-state index contributed by atoms with van der Waals surface area (Å²) >= 11 is 0. The first-order valence-corrected chi connectivity index (χ1v) is 9.82. The Kier molecular flexibility index (Phi) is 4.91. The van der Waals surface area contributed by atoms with Crippen LogP contribution in [0.25, 0.3) is 0 Å². The lowest BCUT2D eigenvalue weighted by Gasteiger charge is -2.27. The molecule has 134 valence electrons. The second kappa shape index (κ2) is 6.97. The van der Waals surface area contributed by atoms with E-state index in [1.807, 2.05) is 0 Å². The van der Waals surface area contributed by atoms with Crippen molar-refractivity contribution in [3.63, 3.8) is 0 Å². The highest BCUT2D eigenvalue weighted by Crippen LogP contribution is 2.19. The van der Waals surface area contributed by atoms with Gasteiger partial charge in [0.15, 0.2) is 9.84 Å². The molecular formula is C17H21N3O4S. The maximum absolute atomic E-state index is 12.4. The standard InChI is InChI=1S/C17H21N3O4S/c1-13(21)16-11-14-12-19(8-9-20(14)18-16)17(22)7-10-25(23,24)15-5-3-2-4-6-15/h2-6,11,13,21H,7-10,12H2,1H3/t13-/m0/s1. The number of sulfone groups is 1. The molecule has 1 aliphatic rings. The molecule has 1 aromatic carbocycles. The van der Waals surface area contributed by atoms with Gasteiger partial charge in [-0.25, -0.2) is 8.42 Å². The molecule has 25 heavy (non-hydrogen) atoms. The molecule has 2 aromatic rings. The number of nitrogens with zero attached hydrogens (tertiary/aromatic N) is 3. The highest BCUT2D eigenvalue weighted by molar-refractivity contribution is 7.91. The number of rotatable bonds is 5. The number of benzene rings is 1. The molecule has 3 rings (SSSR count). The van der Waals surface area contributed by atoms with Gasteiger partial charge in [0.1, 0.15) is 0 Å².